The number of carbonyl (C=O) groups excluding carboxylic acids is 1. The SMILES string of the molecule is CCCCC(CC)C[P+](=O)c1ccccc1C(=O)c1c(C(F)(F)F)cccc1C(F)(F)F. The molecule has 0 aliphatic heterocycles. The molecule has 0 heterocycles. The van der Waals surface area contributed by atoms with E-state index in [-0.39, 0.29) is 17.4 Å². The van der Waals surface area contributed by atoms with Crippen molar-refractivity contribution in [3.05, 3.63) is 64.7 Å². The highest BCUT2D eigenvalue weighted by atomic mass is 31.1. The molecule has 0 saturated carbocycles. The maximum Gasteiger partial charge on any atom is 0.417 e. The van der Waals surface area contributed by atoms with E-state index in [1.54, 1.807) is 0 Å². The van der Waals surface area contributed by atoms with Crippen molar-refractivity contribution in [3.8, 4) is 0 Å². The van der Waals surface area contributed by atoms with Crippen LogP contribution < -0.4 is 5.30 Å². The molecule has 2 aromatic carbocycles. The van der Waals surface area contributed by atoms with Gasteiger partial charge in [0.2, 0.25) is 5.30 Å². The second kappa shape index (κ2) is 10.6. The third kappa shape index (κ3) is 6.18. The number of unbranched alkanes of at least 4 members (excludes halogenated alkanes) is 1. The number of ketones is 1. The summed E-state index contributed by atoms with van der Waals surface area (Å²) < 4.78 is 94.1. The fourth-order valence-electron chi connectivity index (χ4n) is 3.54. The first-order chi connectivity index (χ1) is 14.9. The minimum Gasteiger partial charge on any atom is -0.288 e. The lowest BCUT2D eigenvalue weighted by molar-refractivity contribution is -0.143. The Bertz CT molecular complexity index is 933. The van der Waals surface area contributed by atoms with Crippen molar-refractivity contribution in [2.24, 2.45) is 5.92 Å². The number of alkyl halides is 6. The standard InChI is InChI=1S/C23H24F6O2P/c1-3-5-9-15(4-2)14-32(31)19-13-7-6-10-16(19)21(30)20-17(22(24,25)26)11-8-12-18(20)23(27,28)29/h6-8,10-13,15H,3-5,9,14H2,1-2H3/q+1. The topological polar surface area (TPSA) is 34.1 Å². The second-order valence-electron chi connectivity index (χ2n) is 7.55. The number of hydrogen-bond acceptors (Lipinski definition) is 2. The van der Waals surface area contributed by atoms with Crippen LogP contribution in [0.4, 0.5) is 26.3 Å². The van der Waals surface area contributed by atoms with Gasteiger partial charge in [0.15, 0.2) is 11.9 Å². The summed E-state index contributed by atoms with van der Waals surface area (Å²) in [6, 6.07) is 6.78. The van der Waals surface area contributed by atoms with E-state index < -0.39 is 48.2 Å². The minimum absolute atomic E-state index is 0.0208. The van der Waals surface area contributed by atoms with Gasteiger partial charge in [-0.15, -0.1) is 0 Å². The first-order valence-corrected chi connectivity index (χ1v) is 11.7. The first-order valence-electron chi connectivity index (χ1n) is 10.3. The van der Waals surface area contributed by atoms with Crippen LogP contribution in [0.5, 0.6) is 0 Å². The van der Waals surface area contributed by atoms with E-state index in [1.807, 2.05) is 13.8 Å². The van der Waals surface area contributed by atoms with Crippen LogP contribution in [0.2, 0.25) is 0 Å². The molecule has 0 fully saturated rings. The zero-order chi connectivity index (χ0) is 24.1. The normalized spacial score (nSPS) is 13.7. The van der Waals surface area contributed by atoms with Crippen LogP contribution in [0.25, 0.3) is 0 Å². The van der Waals surface area contributed by atoms with Gasteiger partial charge in [-0.25, -0.2) is 0 Å². The Balaban J connectivity index is 2.58. The fourth-order valence-corrected chi connectivity index (χ4v) is 5.34. The Morgan fingerprint density at radius 1 is 0.906 bits per heavy atom. The molecule has 0 saturated heterocycles. The van der Waals surface area contributed by atoms with E-state index in [4.69, 9.17) is 0 Å². The molecule has 9 heteroatoms. The monoisotopic (exact) mass is 477 g/mol. The van der Waals surface area contributed by atoms with Gasteiger partial charge in [0.1, 0.15) is 0 Å². The molecule has 2 atom stereocenters. The zero-order valence-corrected chi connectivity index (χ0v) is 18.6. The highest BCUT2D eigenvalue weighted by molar-refractivity contribution is 7.53. The molecular formula is C23H24F6O2P+. The van der Waals surface area contributed by atoms with Gasteiger partial charge < -0.3 is 0 Å². The van der Waals surface area contributed by atoms with E-state index in [0.29, 0.717) is 18.2 Å². The summed E-state index contributed by atoms with van der Waals surface area (Å²) in [6.07, 6.45) is -6.74. The number of halogens is 6. The summed E-state index contributed by atoms with van der Waals surface area (Å²) in [7, 11) is -2.19. The molecule has 0 N–H and O–H groups in total. The lowest BCUT2D eigenvalue weighted by Crippen LogP contribution is -2.23. The van der Waals surface area contributed by atoms with Crippen molar-refractivity contribution in [1.29, 1.82) is 0 Å². The zero-order valence-electron chi connectivity index (χ0n) is 17.7. The molecule has 0 aromatic heterocycles. The van der Waals surface area contributed by atoms with Crippen molar-refractivity contribution in [2.75, 3.05) is 6.16 Å². The number of rotatable bonds is 9. The van der Waals surface area contributed by atoms with Gasteiger partial charge in [0.05, 0.1) is 16.7 Å². The molecule has 32 heavy (non-hydrogen) atoms. The highest BCUT2D eigenvalue weighted by Gasteiger charge is 2.44. The van der Waals surface area contributed by atoms with Crippen molar-refractivity contribution in [2.45, 2.75) is 51.9 Å². The van der Waals surface area contributed by atoms with E-state index >= 15 is 0 Å². The molecule has 2 rings (SSSR count). The van der Waals surface area contributed by atoms with Crippen LogP contribution in [0.15, 0.2) is 42.5 Å². The third-order valence-corrected chi connectivity index (χ3v) is 7.06. The predicted molar refractivity (Wildman–Crippen MR) is 112 cm³/mol. The quantitative estimate of drug-likeness (QED) is 0.211. The van der Waals surface area contributed by atoms with Gasteiger partial charge in [-0.05, 0) is 37.1 Å². The Morgan fingerprint density at radius 2 is 1.47 bits per heavy atom. The Hall–Kier alpha value is -2.21. The molecule has 0 amide bonds. The lowest BCUT2D eigenvalue weighted by Gasteiger charge is -2.18. The molecule has 2 unspecified atom stereocenters. The van der Waals surface area contributed by atoms with Crippen LogP contribution in [0.1, 0.15) is 66.6 Å². The Morgan fingerprint density at radius 3 is 1.97 bits per heavy atom. The van der Waals surface area contributed by atoms with Crippen LogP contribution in [-0.2, 0) is 16.9 Å². The Labute approximate surface area is 183 Å². The highest BCUT2D eigenvalue weighted by Crippen LogP contribution is 2.40. The average molecular weight is 477 g/mol. The maximum atomic E-state index is 13.5. The number of benzene rings is 2. The van der Waals surface area contributed by atoms with Crippen molar-refractivity contribution in [3.63, 3.8) is 0 Å². The van der Waals surface area contributed by atoms with E-state index in [2.05, 4.69) is 0 Å². The van der Waals surface area contributed by atoms with E-state index in [0.717, 1.165) is 31.7 Å². The summed E-state index contributed by atoms with van der Waals surface area (Å²) in [5.74, 6) is -1.36. The summed E-state index contributed by atoms with van der Waals surface area (Å²) in [6.45, 7) is 3.94. The smallest absolute Gasteiger partial charge is 0.288 e. The molecule has 0 bridgehead atoms. The van der Waals surface area contributed by atoms with Crippen molar-refractivity contribution < 1.29 is 35.7 Å². The van der Waals surface area contributed by atoms with Crippen LogP contribution in [0, 0.1) is 5.92 Å². The fraction of sp³-hybridized carbons (Fsp3) is 0.435. The summed E-state index contributed by atoms with van der Waals surface area (Å²) in [5.41, 5.74) is -5.21. The second-order valence-corrected chi connectivity index (χ2v) is 9.15. The van der Waals surface area contributed by atoms with Gasteiger partial charge in [0.25, 0.3) is 0 Å². The van der Waals surface area contributed by atoms with E-state index in [9.17, 15) is 35.7 Å². The van der Waals surface area contributed by atoms with Crippen LogP contribution in [0.3, 0.4) is 0 Å². The third-order valence-electron chi connectivity index (χ3n) is 5.29. The predicted octanol–water partition coefficient (Wildman–Crippen LogP) is 7.62. The van der Waals surface area contributed by atoms with Crippen molar-refractivity contribution >= 4 is 18.9 Å². The van der Waals surface area contributed by atoms with Gasteiger partial charge in [-0.3, -0.25) is 4.79 Å². The molecule has 2 nitrogen and oxygen atoms in total. The van der Waals surface area contributed by atoms with Gasteiger partial charge in [-0.2, -0.15) is 26.3 Å². The molecule has 2 aromatic rings. The van der Waals surface area contributed by atoms with Crippen molar-refractivity contribution in [1.82, 2.24) is 0 Å². The molecule has 0 spiro atoms. The molecule has 0 aliphatic carbocycles. The molecular weight excluding hydrogens is 453 g/mol. The van der Waals surface area contributed by atoms with Crippen LogP contribution in [-0.4, -0.2) is 11.9 Å². The lowest BCUT2D eigenvalue weighted by atomic mass is 9.92. The van der Waals surface area contributed by atoms with Gasteiger partial charge in [-0.1, -0.05) is 49.5 Å². The summed E-state index contributed by atoms with van der Waals surface area (Å²) in [4.78, 5) is 13.1. The number of hydrogen-bond donors (Lipinski definition) is 0. The largest absolute Gasteiger partial charge is 0.417 e. The summed E-state index contributed by atoms with van der Waals surface area (Å²) in [5, 5.41) is -0.0208. The molecule has 0 radical (unpaired) electrons. The van der Waals surface area contributed by atoms with Gasteiger partial charge >= 0.3 is 20.2 Å². The van der Waals surface area contributed by atoms with Gasteiger partial charge in [0, 0.05) is 11.5 Å². The summed E-state index contributed by atoms with van der Waals surface area (Å²) >= 11 is 0. The average Bonchev–Trinajstić information content (AvgIpc) is 2.74. The molecule has 0 aliphatic rings. The van der Waals surface area contributed by atoms with E-state index in [1.165, 1.54) is 18.2 Å². The molecule has 174 valence electrons. The Kier molecular flexibility index (Phi) is 8.63. The minimum atomic E-state index is -5.17. The first kappa shape index (κ1) is 26.0. The number of carbonyl (C=O) groups is 1. The van der Waals surface area contributed by atoms with Crippen LogP contribution >= 0.6 is 7.80 Å². The maximum absolute atomic E-state index is 13.5.